The van der Waals surface area contributed by atoms with Crippen molar-refractivity contribution in [3.05, 3.63) is 45.4 Å². The second kappa shape index (κ2) is 7.04. The zero-order valence-corrected chi connectivity index (χ0v) is 13.4. The van der Waals surface area contributed by atoms with Crippen LogP contribution in [0.4, 0.5) is 14.6 Å². The van der Waals surface area contributed by atoms with Gasteiger partial charge in [0.15, 0.2) is 17.5 Å². The molecule has 112 valence electrons. The molecule has 7 heteroatoms. The first-order chi connectivity index (χ1) is 10.0. The van der Waals surface area contributed by atoms with Crippen LogP contribution in [0.3, 0.4) is 0 Å². The highest BCUT2D eigenvalue weighted by atomic mass is 79.9. The normalized spacial score (nSPS) is 10.5. The lowest BCUT2D eigenvalue weighted by Crippen LogP contribution is -2.06. The molecule has 0 aliphatic heterocycles. The van der Waals surface area contributed by atoms with Crippen molar-refractivity contribution in [3.8, 4) is 11.6 Å². The van der Waals surface area contributed by atoms with Crippen LogP contribution in [0.15, 0.2) is 28.7 Å². The zero-order chi connectivity index (χ0) is 15.4. The second-order valence-corrected chi connectivity index (χ2v) is 5.53. The lowest BCUT2D eigenvalue weighted by Gasteiger charge is -2.11. The van der Waals surface area contributed by atoms with Crippen molar-refractivity contribution in [2.75, 3.05) is 11.9 Å². The van der Waals surface area contributed by atoms with Crippen LogP contribution in [0.2, 0.25) is 5.02 Å². The number of rotatable bonds is 5. The molecule has 21 heavy (non-hydrogen) atoms. The summed E-state index contributed by atoms with van der Waals surface area (Å²) in [6, 6.07) is 5.59. The van der Waals surface area contributed by atoms with Gasteiger partial charge in [-0.15, -0.1) is 0 Å². The second-order valence-electron chi connectivity index (χ2n) is 4.21. The minimum absolute atomic E-state index is 0.0542. The summed E-state index contributed by atoms with van der Waals surface area (Å²) in [6.45, 7) is 2.45. The Kier molecular flexibility index (Phi) is 5.36. The van der Waals surface area contributed by atoms with Crippen LogP contribution in [0.25, 0.3) is 0 Å². The largest absolute Gasteiger partial charge is 0.435 e. The highest BCUT2D eigenvalue weighted by Gasteiger charge is 2.15. The molecule has 0 spiro atoms. The van der Waals surface area contributed by atoms with Crippen LogP contribution < -0.4 is 10.1 Å². The minimum Gasteiger partial charge on any atom is -0.435 e. The lowest BCUT2D eigenvalue weighted by molar-refractivity contribution is 0.418. The highest BCUT2D eigenvalue weighted by Crippen LogP contribution is 2.32. The summed E-state index contributed by atoms with van der Waals surface area (Å²) in [7, 11) is 0. The maximum Gasteiger partial charge on any atom is 0.258 e. The van der Waals surface area contributed by atoms with Gasteiger partial charge >= 0.3 is 0 Å². The fraction of sp³-hybridized carbons (Fsp3) is 0.214. The van der Waals surface area contributed by atoms with Gasteiger partial charge in [0.2, 0.25) is 0 Å². The Morgan fingerprint density at radius 3 is 2.71 bits per heavy atom. The molecule has 0 aliphatic rings. The topological polar surface area (TPSA) is 34.2 Å². The standard InChI is InChI=1S/C14H12BrClF2N2O/c1-2-5-19-13-10(17)7-11(18)14(20-13)21-12-4-3-8(15)6-9(12)16/h3-4,6-7H,2,5H2,1H3,(H,19,20). The van der Waals surface area contributed by atoms with Crippen molar-refractivity contribution < 1.29 is 13.5 Å². The van der Waals surface area contributed by atoms with E-state index in [1.165, 1.54) is 0 Å². The fourth-order valence-corrected chi connectivity index (χ4v) is 2.26. The molecule has 1 heterocycles. The predicted octanol–water partition coefficient (Wildman–Crippen LogP) is 5.39. The Balaban J connectivity index is 2.30. The molecule has 0 unspecified atom stereocenters. The molecule has 1 aromatic carbocycles. The number of anilines is 1. The Morgan fingerprint density at radius 2 is 2.05 bits per heavy atom. The summed E-state index contributed by atoms with van der Waals surface area (Å²) in [6.07, 6.45) is 0.785. The third-order valence-electron chi connectivity index (χ3n) is 2.54. The summed E-state index contributed by atoms with van der Waals surface area (Å²) in [5.74, 6) is -1.82. The average molecular weight is 378 g/mol. The summed E-state index contributed by atoms with van der Waals surface area (Å²) in [4.78, 5) is 3.81. The molecule has 0 saturated heterocycles. The number of hydrogen-bond acceptors (Lipinski definition) is 3. The first-order valence-electron chi connectivity index (χ1n) is 6.24. The maximum absolute atomic E-state index is 13.7. The van der Waals surface area contributed by atoms with Crippen molar-refractivity contribution in [2.45, 2.75) is 13.3 Å². The van der Waals surface area contributed by atoms with Crippen LogP contribution in [-0.2, 0) is 0 Å². The monoisotopic (exact) mass is 376 g/mol. The Bertz CT molecular complexity index is 655. The van der Waals surface area contributed by atoms with Gasteiger partial charge < -0.3 is 10.1 Å². The number of halogens is 4. The molecule has 0 saturated carbocycles. The van der Waals surface area contributed by atoms with Gasteiger partial charge in [-0.05, 0) is 24.6 Å². The first kappa shape index (κ1) is 16.0. The number of benzene rings is 1. The SMILES string of the molecule is CCCNc1nc(Oc2ccc(Br)cc2Cl)c(F)cc1F. The molecule has 1 aromatic heterocycles. The smallest absolute Gasteiger partial charge is 0.258 e. The van der Waals surface area contributed by atoms with Crippen molar-refractivity contribution in [2.24, 2.45) is 0 Å². The number of pyridine rings is 1. The van der Waals surface area contributed by atoms with E-state index in [1.54, 1.807) is 18.2 Å². The molecule has 2 rings (SSSR count). The summed E-state index contributed by atoms with van der Waals surface area (Å²) in [5, 5.41) is 3.06. The van der Waals surface area contributed by atoms with Crippen molar-refractivity contribution in [1.29, 1.82) is 0 Å². The molecule has 0 aliphatic carbocycles. The molecule has 0 amide bonds. The van der Waals surface area contributed by atoms with Crippen LogP contribution in [0.1, 0.15) is 13.3 Å². The minimum atomic E-state index is -0.895. The van der Waals surface area contributed by atoms with Crippen LogP contribution in [-0.4, -0.2) is 11.5 Å². The molecular formula is C14H12BrClF2N2O. The van der Waals surface area contributed by atoms with Gasteiger partial charge in [-0.2, -0.15) is 4.98 Å². The predicted molar refractivity (Wildman–Crippen MR) is 82.2 cm³/mol. The first-order valence-corrected chi connectivity index (χ1v) is 7.41. The molecule has 2 aromatic rings. The van der Waals surface area contributed by atoms with E-state index < -0.39 is 11.6 Å². The van der Waals surface area contributed by atoms with E-state index in [0.717, 1.165) is 17.0 Å². The fourth-order valence-electron chi connectivity index (χ4n) is 1.55. The van der Waals surface area contributed by atoms with E-state index in [1.807, 2.05) is 6.92 Å². The van der Waals surface area contributed by atoms with Crippen molar-refractivity contribution in [3.63, 3.8) is 0 Å². The van der Waals surface area contributed by atoms with Gasteiger partial charge in [-0.3, -0.25) is 0 Å². The lowest BCUT2D eigenvalue weighted by atomic mass is 10.3. The third-order valence-corrected chi connectivity index (χ3v) is 3.33. The third kappa shape index (κ3) is 4.04. The molecule has 1 N–H and O–H groups in total. The van der Waals surface area contributed by atoms with Gasteiger partial charge in [0, 0.05) is 17.1 Å². The summed E-state index contributed by atoms with van der Waals surface area (Å²) < 4.78 is 33.4. The molecule has 3 nitrogen and oxygen atoms in total. The zero-order valence-electron chi connectivity index (χ0n) is 11.1. The van der Waals surface area contributed by atoms with Crippen LogP contribution in [0.5, 0.6) is 11.6 Å². The van der Waals surface area contributed by atoms with Crippen LogP contribution >= 0.6 is 27.5 Å². The van der Waals surface area contributed by atoms with Crippen molar-refractivity contribution >= 4 is 33.3 Å². The summed E-state index contributed by atoms with van der Waals surface area (Å²) >= 11 is 9.25. The van der Waals surface area contributed by atoms with E-state index in [-0.39, 0.29) is 22.5 Å². The number of nitrogens with one attached hydrogen (secondary N) is 1. The Labute approximate surface area is 134 Å². The maximum atomic E-state index is 13.7. The molecule has 0 bridgehead atoms. The van der Waals surface area contributed by atoms with Gasteiger partial charge in [0.1, 0.15) is 5.75 Å². The van der Waals surface area contributed by atoms with Gasteiger partial charge in [-0.25, -0.2) is 8.78 Å². The van der Waals surface area contributed by atoms with E-state index >= 15 is 0 Å². The van der Waals surface area contributed by atoms with E-state index in [9.17, 15) is 8.78 Å². The highest BCUT2D eigenvalue weighted by molar-refractivity contribution is 9.10. The quantitative estimate of drug-likeness (QED) is 0.758. The summed E-state index contributed by atoms with van der Waals surface area (Å²) in [5.41, 5.74) is 0. The number of aromatic nitrogens is 1. The number of hydrogen-bond donors (Lipinski definition) is 1. The number of ether oxygens (including phenoxy) is 1. The van der Waals surface area contributed by atoms with E-state index in [4.69, 9.17) is 16.3 Å². The number of nitrogens with zero attached hydrogens (tertiary/aromatic N) is 1. The molecule has 0 atom stereocenters. The Hall–Kier alpha value is -1.40. The van der Waals surface area contributed by atoms with E-state index in [0.29, 0.717) is 6.54 Å². The Morgan fingerprint density at radius 1 is 1.29 bits per heavy atom. The molecule has 0 fully saturated rings. The van der Waals surface area contributed by atoms with Crippen LogP contribution in [0, 0.1) is 11.6 Å². The van der Waals surface area contributed by atoms with E-state index in [2.05, 4.69) is 26.2 Å². The van der Waals surface area contributed by atoms with Gasteiger partial charge in [0.25, 0.3) is 5.88 Å². The van der Waals surface area contributed by atoms with Gasteiger partial charge in [0.05, 0.1) is 5.02 Å². The van der Waals surface area contributed by atoms with Gasteiger partial charge in [-0.1, -0.05) is 34.5 Å². The average Bonchev–Trinajstić information content (AvgIpc) is 2.43. The molecule has 0 radical (unpaired) electrons. The van der Waals surface area contributed by atoms with Crippen molar-refractivity contribution in [1.82, 2.24) is 4.98 Å². The molecular weight excluding hydrogens is 366 g/mol.